The summed E-state index contributed by atoms with van der Waals surface area (Å²) in [5, 5.41) is 4.97. The molecule has 6 aromatic rings. The third-order valence-electron chi connectivity index (χ3n) is 5.95. The summed E-state index contributed by atoms with van der Waals surface area (Å²) < 4.78 is 28.2. The summed E-state index contributed by atoms with van der Waals surface area (Å²) in [7, 11) is -4.15. The number of nitrogens with zero attached hydrogens (tertiary/aromatic N) is 3. The smallest absolute Gasteiger partial charge is 0.275 e. The van der Waals surface area contributed by atoms with Crippen LogP contribution in [0.1, 0.15) is 0 Å². The van der Waals surface area contributed by atoms with E-state index in [0.29, 0.717) is 16.1 Å². The summed E-state index contributed by atoms with van der Waals surface area (Å²) in [6, 6.07) is 23.5. The molecule has 0 saturated heterocycles. The van der Waals surface area contributed by atoms with Crippen LogP contribution in [0.5, 0.6) is 0 Å². The van der Waals surface area contributed by atoms with E-state index in [1.54, 1.807) is 24.3 Å². The fourth-order valence-corrected chi connectivity index (χ4v) is 5.62. The lowest BCUT2D eigenvalue weighted by atomic mass is 10.2. The number of fused-ring (bicyclic) bond motifs is 2. The van der Waals surface area contributed by atoms with Crippen molar-refractivity contribution in [3.8, 4) is 5.69 Å². The minimum atomic E-state index is -4.15. The van der Waals surface area contributed by atoms with Crippen LogP contribution in [0, 0.1) is 0 Å². The van der Waals surface area contributed by atoms with Crippen molar-refractivity contribution in [1.29, 1.82) is 0 Å². The van der Waals surface area contributed by atoms with E-state index in [-0.39, 0.29) is 21.4 Å². The van der Waals surface area contributed by atoms with Gasteiger partial charge in [-0.05, 0) is 66.7 Å². The van der Waals surface area contributed by atoms with Crippen LogP contribution in [0.25, 0.3) is 27.6 Å². The fourth-order valence-electron chi connectivity index (χ4n) is 4.14. The molecular weight excluding hydrogens is 510 g/mol. The van der Waals surface area contributed by atoms with E-state index < -0.39 is 15.4 Å². The predicted octanol–water partition coefficient (Wildman–Crippen LogP) is 5.49. The maximum Gasteiger partial charge on any atom is 0.275 e. The molecule has 0 spiro atoms. The standard InChI is InChI=1S/C27H18ClN5O3S/c28-19-6-9-22(10-7-19)37(35,36)24-15-18-16-30-27(31-20-8-11-23-17(14-20)12-13-29-23)32-25(18)33(26(24)34)21-4-2-1-3-5-21/h1-16,29H,(H,30,31,32). The van der Waals surface area contributed by atoms with Gasteiger partial charge >= 0.3 is 0 Å². The van der Waals surface area contributed by atoms with E-state index in [0.717, 1.165) is 16.6 Å². The predicted molar refractivity (Wildman–Crippen MR) is 144 cm³/mol. The summed E-state index contributed by atoms with van der Waals surface area (Å²) in [6.07, 6.45) is 3.36. The van der Waals surface area contributed by atoms with Gasteiger partial charge in [-0.2, -0.15) is 4.98 Å². The number of halogens is 1. The number of hydrogen-bond donors (Lipinski definition) is 2. The second-order valence-corrected chi connectivity index (χ2v) is 10.7. The molecule has 0 bridgehead atoms. The van der Waals surface area contributed by atoms with Gasteiger partial charge in [0.2, 0.25) is 15.8 Å². The van der Waals surface area contributed by atoms with Crippen molar-refractivity contribution in [2.45, 2.75) is 9.79 Å². The molecule has 0 saturated carbocycles. The van der Waals surface area contributed by atoms with Crippen molar-refractivity contribution in [1.82, 2.24) is 19.5 Å². The van der Waals surface area contributed by atoms with Gasteiger partial charge in [-0.1, -0.05) is 29.8 Å². The number of benzene rings is 3. The Balaban J connectivity index is 1.54. The van der Waals surface area contributed by atoms with Crippen LogP contribution in [0.15, 0.2) is 112 Å². The Kier molecular flexibility index (Phi) is 5.51. The van der Waals surface area contributed by atoms with E-state index >= 15 is 0 Å². The summed E-state index contributed by atoms with van der Waals surface area (Å²) in [5.41, 5.74) is 1.79. The van der Waals surface area contributed by atoms with Gasteiger partial charge in [-0.25, -0.2) is 13.4 Å². The van der Waals surface area contributed by atoms with Gasteiger partial charge in [0.25, 0.3) is 5.56 Å². The van der Waals surface area contributed by atoms with Crippen LogP contribution >= 0.6 is 11.6 Å². The molecule has 182 valence electrons. The van der Waals surface area contributed by atoms with E-state index in [4.69, 9.17) is 11.6 Å². The Labute approximate surface area is 216 Å². The number of hydrogen-bond acceptors (Lipinski definition) is 6. The van der Waals surface area contributed by atoms with Crippen molar-refractivity contribution in [3.05, 3.63) is 113 Å². The van der Waals surface area contributed by atoms with Crippen molar-refractivity contribution in [2.24, 2.45) is 0 Å². The summed E-state index contributed by atoms with van der Waals surface area (Å²) >= 11 is 5.93. The molecule has 3 aromatic heterocycles. The number of anilines is 2. The molecule has 0 amide bonds. The summed E-state index contributed by atoms with van der Waals surface area (Å²) in [5.74, 6) is 0.264. The molecular formula is C27H18ClN5O3S. The van der Waals surface area contributed by atoms with Gasteiger partial charge in [0.1, 0.15) is 4.90 Å². The van der Waals surface area contributed by atoms with Gasteiger partial charge in [0.05, 0.1) is 10.6 Å². The first-order valence-electron chi connectivity index (χ1n) is 11.2. The molecule has 8 nitrogen and oxygen atoms in total. The molecule has 10 heteroatoms. The van der Waals surface area contributed by atoms with Gasteiger partial charge in [-0.15, -0.1) is 0 Å². The highest BCUT2D eigenvalue weighted by molar-refractivity contribution is 7.91. The zero-order valence-corrected chi connectivity index (χ0v) is 20.7. The molecule has 6 rings (SSSR count). The highest BCUT2D eigenvalue weighted by Crippen LogP contribution is 2.26. The molecule has 2 N–H and O–H groups in total. The first-order valence-corrected chi connectivity index (χ1v) is 13.1. The van der Waals surface area contributed by atoms with Crippen LogP contribution in [0.2, 0.25) is 5.02 Å². The third kappa shape index (κ3) is 4.14. The largest absolute Gasteiger partial charge is 0.361 e. The average Bonchev–Trinajstić information content (AvgIpc) is 3.37. The first kappa shape index (κ1) is 23.0. The van der Waals surface area contributed by atoms with Gasteiger partial charge < -0.3 is 10.3 Å². The molecule has 0 unspecified atom stereocenters. The zero-order valence-electron chi connectivity index (χ0n) is 19.1. The van der Waals surface area contributed by atoms with Crippen LogP contribution in [0.4, 0.5) is 11.6 Å². The van der Waals surface area contributed by atoms with Crippen LogP contribution in [-0.4, -0.2) is 27.9 Å². The van der Waals surface area contributed by atoms with E-state index in [9.17, 15) is 13.2 Å². The highest BCUT2D eigenvalue weighted by atomic mass is 35.5. The highest BCUT2D eigenvalue weighted by Gasteiger charge is 2.25. The van der Waals surface area contributed by atoms with E-state index in [2.05, 4.69) is 20.3 Å². The van der Waals surface area contributed by atoms with Crippen molar-refractivity contribution >= 4 is 55.0 Å². The van der Waals surface area contributed by atoms with Crippen LogP contribution in [-0.2, 0) is 9.84 Å². The maximum atomic E-state index is 13.7. The van der Waals surface area contributed by atoms with Crippen LogP contribution < -0.4 is 10.9 Å². The number of aromatic nitrogens is 4. The second-order valence-electron chi connectivity index (χ2n) is 8.32. The first-order chi connectivity index (χ1) is 17.9. The molecule has 0 aliphatic heterocycles. The fraction of sp³-hybridized carbons (Fsp3) is 0. The second kappa shape index (κ2) is 8.88. The summed E-state index contributed by atoms with van der Waals surface area (Å²) in [4.78, 5) is 25.4. The quantitative estimate of drug-likeness (QED) is 0.307. The van der Waals surface area contributed by atoms with Gasteiger partial charge in [0, 0.05) is 39.4 Å². The number of nitrogens with one attached hydrogen (secondary N) is 2. The van der Waals surface area contributed by atoms with E-state index in [1.807, 2.05) is 36.5 Å². The Bertz CT molecular complexity index is 1950. The Hall–Kier alpha value is -4.47. The molecule has 0 aliphatic rings. The molecule has 0 fully saturated rings. The number of H-pyrrole nitrogens is 1. The topological polar surface area (TPSA) is 110 Å². The lowest BCUT2D eigenvalue weighted by Gasteiger charge is -2.14. The lowest BCUT2D eigenvalue weighted by Crippen LogP contribution is -2.26. The minimum Gasteiger partial charge on any atom is -0.361 e. The molecule has 0 aliphatic carbocycles. The summed E-state index contributed by atoms with van der Waals surface area (Å²) in [6.45, 7) is 0. The Morgan fingerprint density at radius 1 is 0.892 bits per heavy atom. The molecule has 0 atom stereocenters. The monoisotopic (exact) mass is 527 g/mol. The normalized spacial score (nSPS) is 11.7. The SMILES string of the molecule is O=c1c(S(=O)(=O)c2ccc(Cl)cc2)cc2cnc(Nc3ccc4[nH]ccc4c3)nc2n1-c1ccccc1. The maximum absolute atomic E-state index is 13.7. The van der Waals surface area contributed by atoms with E-state index in [1.165, 1.54) is 41.1 Å². The number of aromatic amines is 1. The van der Waals surface area contributed by atoms with Crippen molar-refractivity contribution in [3.63, 3.8) is 0 Å². The number of rotatable bonds is 5. The van der Waals surface area contributed by atoms with Crippen molar-refractivity contribution < 1.29 is 8.42 Å². The molecule has 3 aromatic carbocycles. The molecule has 37 heavy (non-hydrogen) atoms. The zero-order chi connectivity index (χ0) is 25.6. The van der Waals surface area contributed by atoms with Gasteiger partial charge in [0.15, 0.2) is 5.65 Å². The Morgan fingerprint density at radius 2 is 1.68 bits per heavy atom. The molecule has 0 radical (unpaired) electrons. The number of para-hydroxylation sites is 1. The lowest BCUT2D eigenvalue weighted by molar-refractivity contribution is 0.594. The third-order valence-corrected chi connectivity index (χ3v) is 7.96. The Morgan fingerprint density at radius 3 is 2.46 bits per heavy atom. The molecule has 3 heterocycles. The average molecular weight is 528 g/mol. The number of sulfone groups is 1. The minimum absolute atomic E-state index is 0.0349. The van der Waals surface area contributed by atoms with Crippen molar-refractivity contribution in [2.75, 3.05) is 5.32 Å². The van der Waals surface area contributed by atoms with Gasteiger partial charge in [-0.3, -0.25) is 9.36 Å². The van der Waals surface area contributed by atoms with Crippen LogP contribution in [0.3, 0.4) is 0 Å². The number of pyridine rings is 1.